The number of ether oxygens (including phenoxy) is 1. The maximum Gasteiger partial charge on any atom is 0.241 e. The number of halogens is 1. The highest BCUT2D eigenvalue weighted by molar-refractivity contribution is 6.16. The fraction of sp³-hybridized carbons (Fsp3) is 0.250. The first-order chi connectivity index (χ1) is 9.21. The van der Waals surface area contributed by atoms with E-state index in [4.69, 9.17) is 20.9 Å². The lowest BCUT2D eigenvalue weighted by atomic mass is 10.3. The Balaban J connectivity index is 1.93. The number of alkyl halides is 1. The lowest BCUT2D eigenvalue weighted by Gasteiger charge is -2.04. The number of carbonyl (C=O) groups excluding carboxylic acids is 1. The molecule has 0 radical (unpaired) electrons. The van der Waals surface area contributed by atoms with Crippen molar-refractivity contribution in [2.75, 3.05) is 12.4 Å². The molecule has 1 N–H and O–H groups in total. The zero-order valence-corrected chi connectivity index (χ0v) is 11.0. The van der Waals surface area contributed by atoms with Gasteiger partial charge in [0.15, 0.2) is 5.82 Å². The van der Waals surface area contributed by atoms with Crippen molar-refractivity contribution in [2.24, 2.45) is 0 Å². The molecule has 2 aromatic rings. The number of aromatic nitrogens is 2. The van der Waals surface area contributed by atoms with Crippen LogP contribution in [0.15, 0.2) is 28.8 Å². The molecule has 0 atom stereocenters. The topological polar surface area (TPSA) is 77.2 Å². The van der Waals surface area contributed by atoms with Gasteiger partial charge in [-0.3, -0.25) is 4.79 Å². The number of rotatable bonds is 5. The molecule has 0 fully saturated rings. The Labute approximate surface area is 114 Å². The van der Waals surface area contributed by atoms with Crippen LogP contribution in [0.5, 0.6) is 5.75 Å². The molecule has 2 rings (SSSR count). The molecule has 1 amide bonds. The molecule has 0 saturated heterocycles. The van der Waals surface area contributed by atoms with Gasteiger partial charge in [-0.2, -0.15) is 4.98 Å². The van der Waals surface area contributed by atoms with Gasteiger partial charge in [0, 0.05) is 5.69 Å². The Morgan fingerprint density at radius 2 is 2.16 bits per heavy atom. The second-order valence-corrected chi connectivity index (χ2v) is 3.96. The lowest BCUT2D eigenvalue weighted by Crippen LogP contribution is -2.15. The van der Waals surface area contributed by atoms with Gasteiger partial charge < -0.3 is 14.6 Å². The number of amides is 1. The number of anilines is 1. The van der Waals surface area contributed by atoms with E-state index in [9.17, 15) is 4.79 Å². The zero-order valence-electron chi connectivity index (χ0n) is 10.2. The van der Waals surface area contributed by atoms with Crippen molar-refractivity contribution in [3.63, 3.8) is 0 Å². The molecule has 100 valence electrons. The Bertz CT molecular complexity index is 554. The predicted octanol–water partition coefficient (Wildman–Crippen LogP) is 2.00. The van der Waals surface area contributed by atoms with E-state index in [1.54, 1.807) is 31.4 Å². The molecule has 0 bridgehead atoms. The van der Waals surface area contributed by atoms with Gasteiger partial charge in [-0.15, -0.1) is 11.6 Å². The van der Waals surface area contributed by atoms with Gasteiger partial charge in [0.2, 0.25) is 11.8 Å². The molecule has 0 aliphatic heterocycles. The number of carbonyl (C=O) groups is 1. The molecule has 0 spiro atoms. The second-order valence-electron chi connectivity index (χ2n) is 3.69. The maximum atomic E-state index is 11.7. The molecule has 0 unspecified atom stereocenters. The minimum atomic E-state index is -0.230. The molecule has 0 aliphatic rings. The van der Waals surface area contributed by atoms with Crippen LogP contribution in [0, 0.1) is 0 Å². The highest BCUT2D eigenvalue weighted by Crippen LogP contribution is 2.15. The standard InChI is InChI=1S/C12H12ClN3O3/c1-18-9-4-2-8(3-5-9)14-11(17)6-10-15-12(7-13)19-16-10/h2-5H,6-7H2,1H3,(H,14,17). The van der Waals surface area contributed by atoms with Crippen LogP contribution in [0.3, 0.4) is 0 Å². The maximum absolute atomic E-state index is 11.7. The Morgan fingerprint density at radius 1 is 1.42 bits per heavy atom. The molecular weight excluding hydrogens is 270 g/mol. The molecular formula is C12H12ClN3O3. The van der Waals surface area contributed by atoms with E-state index in [1.807, 2.05) is 0 Å². The van der Waals surface area contributed by atoms with E-state index in [1.165, 1.54) is 0 Å². The summed E-state index contributed by atoms with van der Waals surface area (Å²) in [5, 5.41) is 6.36. The van der Waals surface area contributed by atoms with Gasteiger partial charge in [0.25, 0.3) is 0 Å². The average Bonchev–Trinajstić information content (AvgIpc) is 2.87. The minimum Gasteiger partial charge on any atom is -0.497 e. The number of nitrogens with zero attached hydrogens (tertiary/aromatic N) is 2. The number of nitrogens with one attached hydrogen (secondary N) is 1. The molecule has 1 heterocycles. The molecule has 1 aromatic heterocycles. The summed E-state index contributed by atoms with van der Waals surface area (Å²) in [6, 6.07) is 7.01. The summed E-state index contributed by atoms with van der Waals surface area (Å²) in [7, 11) is 1.58. The van der Waals surface area contributed by atoms with E-state index in [0.29, 0.717) is 17.4 Å². The third-order valence-electron chi connectivity index (χ3n) is 2.32. The summed E-state index contributed by atoms with van der Waals surface area (Å²) >= 11 is 5.53. The van der Waals surface area contributed by atoms with Gasteiger partial charge in [-0.1, -0.05) is 5.16 Å². The van der Waals surface area contributed by atoms with Crippen LogP contribution < -0.4 is 10.1 Å². The van der Waals surface area contributed by atoms with Crippen molar-refractivity contribution >= 4 is 23.2 Å². The monoisotopic (exact) mass is 281 g/mol. The summed E-state index contributed by atoms with van der Waals surface area (Å²) in [6.45, 7) is 0. The summed E-state index contributed by atoms with van der Waals surface area (Å²) in [4.78, 5) is 15.7. The largest absolute Gasteiger partial charge is 0.497 e. The van der Waals surface area contributed by atoms with Crippen LogP contribution in [0.1, 0.15) is 11.7 Å². The van der Waals surface area contributed by atoms with Gasteiger partial charge >= 0.3 is 0 Å². The fourth-order valence-electron chi connectivity index (χ4n) is 1.44. The van der Waals surface area contributed by atoms with Crippen molar-refractivity contribution in [3.8, 4) is 5.75 Å². The van der Waals surface area contributed by atoms with E-state index in [-0.39, 0.29) is 18.2 Å². The average molecular weight is 282 g/mol. The summed E-state index contributed by atoms with van der Waals surface area (Å²) in [6.07, 6.45) is 0.0341. The number of hydrogen-bond donors (Lipinski definition) is 1. The zero-order chi connectivity index (χ0) is 13.7. The Morgan fingerprint density at radius 3 is 2.74 bits per heavy atom. The van der Waals surface area contributed by atoms with Crippen LogP contribution >= 0.6 is 11.6 Å². The van der Waals surface area contributed by atoms with Crippen LogP contribution in [0.2, 0.25) is 0 Å². The quantitative estimate of drug-likeness (QED) is 0.848. The smallest absolute Gasteiger partial charge is 0.241 e. The summed E-state index contributed by atoms with van der Waals surface area (Å²) in [5.74, 6) is 1.23. The first kappa shape index (κ1) is 13.4. The summed E-state index contributed by atoms with van der Waals surface area (Å²) < 4.78 is 9.83. The fourth-order valence-corrected chi connectivity index (χ4v) is 1.55. The third kappa shape index (κ3) is 3.69. The van der Waals surface area contributed by atoms with Gasteiger partial charge in [-0.05, 0) is 24.3 Å². The number of benzene rings is 1. The van der Waals surface area contributed by atoms with Crippen molar-refractivity contribution in [3.05, 3.63) is 36.0 Å². The number of methoxy groups -OCH3 is 1. The second kappa shape index (κ2) is 6.19. The van der Waals surface area contributed by atoms with Crippen LogP contribution in [0.4, 0.5) is 5.69 Å². The summed E-state index contributed by atoms with van der Waals surface area (Å²) in [5.41, 5.74) is 0.673. The van der Waals surface area contributed by atoms with Crippen LogP contribution in [-0.2, 0) is 17.1 Å². The molecule has 0 saturated carbocycles. The predicted molar refractivity (Wildman–Crippen MR) is 69.2 cm³/mol. The van der Waals surface area contributed by atoms with E-state index >= 15 is 0 Å². The first-order valence-corrected chi connectivity index (χ1v) is 6.06. The SMILES string of the molecule is COc1ccc(NC(=O)Cc2noc(CCl)n2)cc1. The molecule has 7 heteroatoms. The van der Waals surface area contributed by atoms with Crippen molar-refractivity contribution in [1.82, 2.24) is 10.1 Å². The first-order valence-electron chi connectivity index (χ1n) is 5.52. The molecule has 0 aliphatic carbocycles. The third-order valence-corrected chi connectivity index (χ3v) is 2.55. The molecule has 1 aromatic carbocycles. The Hall–Kier alpha value is -2.08. The van der Waals surface area contributed by atoms with Crippen molar-refractivity contribution in [2.45, 2.75) is 12.3 Å². The highest BCUT2D eigenvalue weighted by atomic mass is 35.5. The van der Waals surface area contributed by atoms with Gasteiger partial charge in [0.1, 0.15) is 11.6 Å². The van der Waals surface area contributed by atoms with Gasteiger partial charge in [-0.25, -0.2) is 0 Å². The Kier molecular flexibility index (Phi) is 4.35. The molecule has 19 heavy (non-hydrogen) atoms. The van der Waals surface area contributed by atoms with E-state index in [2.05, 4.69) is 15.5 Å². The van der Waals surface area contributed by atoms with E-state index in [0.717, 1.165) is 5.75 Å². The van der Waals surface area contributed by atoms with Crippen LogP contribution in [0.25, 0.3) is 0 Å². The van der Waals surface area contributed by atoms with Crippen molar-refractivity contribution in [1.29, 1.82) is 0 Å². The normalized spacial score (nSPS) is 10.2. The molecule has 6 nitrogen and oxygen atoms in total. The van der Waals surface area contributed by atoms with Crippen LogP contribution in [-0.4, -0.2) is 23.2 Å². The van der Waals surface area contributed by atoms with Crippen molar-refractivity contribution < 1.29 is 14.1 Å². The number of hydrogen-bond acceptors (Lipinski definition) is 5. The van der Waals surface area contributed by atoms with E-state index < -0.39 is 0 Å². The lowest BCUT2D eigenvalue weighted by molar-refractivity contribution is -0.115. The van der Waals surface area contributed by atoms with Gasteiger partial charge in [0.05, 0.1) is 13.5 Å². The highest BCUT2D eigenvalue weighted by Gasteiger charge is 2.10. The minimum absolute atomic E-state index is 0.0341.